The molecule has 0 fully saturated rings. The van der Waals surface area contributed by atoms with Crippen LogP contribution in [0.25, 0.3) is 10.8 Å². The quantitative estimate of drug-likeness (QED) is 0.383. The first-order valence-electron chi connectivity index (χ1n) is 11.7. The zero-order chi connectivity index (χ0) is 23.6. The molecule has 1 heterocycles. The number of carbonyl (C=O) groups excluding carboxylic acids is 2. The van der Waals surface area contributed by atoms with Gasteiger partial charge >= 0.3 is 0 Å². The maximum atomic E-state index is 13.4. The predicted octanol–water partition coefficient (Wildman–Crippen LogP) is 4.49. The zero-order valence-electron chi connectivity index (χ0n) is 20.0. The van der Waals surface area contributed by atoms with Crippen LogP contribution in [-0.4, -0.2) is 59.5 Å². The number of aromatic nitrogens is 1. The SMILES string of the molecule is CCCCN(Cc1cccn1C)C(=O)CN(CCCOC)C(=O)c1ccc2ccccc2c1. The fraction of sp³-hybridized carbons (Fsp3) is 0.407. The number of rotatable bonds is 12. The van der Waals surface area contributed by atoms with Crippen LogP contribution in [0.2, 0.25) is 0 Å². The molecule has 1 aromatic heterocycles. The second kappa shape index (κ2) is 12.2. The highest BCUT2D eigenvalue weighted by Gasteiger charge is 2.23. The molecule has 0 bridgehead atoms. The molecule has 0 spiro atoms. The molecule has 0 aliphatic carbocycles. The summed E-state index contributed by atoms with van der Waals surface area (Å²) in [7, 11) is 3.63. The van der Waals surface area contributed by atoms with Crippen molar-refractivity contribution in [1.29, 1.82) is 0 Å². The Kier molecular flexibility index (Phi) is 9.07. The molecule has 176 valence electrons. The number of ether oxygens (including phenoxy) is 1. The summed E-state index contributed by atoms with van der Waals surface area (Å²) in [5, 5.41) is 2.10. The van der Waals surface area contributed by atoms with E-state index in [1.54, 1.807) is 12.0 Å². The first kappa shape index (κ1) is 24.5. The molecule has 0 atom stereocenters. The predicted molar refractivity (Wildman–Crippen MR) is 132 cm³/mol. The number of carbonyl (C=O) groups is 2. The third-order valence-corrected chi connectivity index (χ3v) is 5.92. The minimum atomic E-state index is -0.125. The molecule has 3 rings (SSSR count). The smallest absolute Gasteiger partial charge is 0.254 e. The Labute approximate surface area is 196 Å². The first-order chi connectivity index (χ1) is 16.0. The molecule has 2 aromatic carbocycles. The van der Waals surface area contributed by atoms with Crippen LogP contribution >= 0.6 is 0 Å². The van der Waals surface area contributed by atoms with E-state index in [4.69, 9.17) is 4.74 Å². The molecule has 0 aliphatic heterocycles. The van der Waals surface area contributed by atoms with Gasteiger partial charge in [-0.3, -0.25) is 9.59 Å². The highest BCUT2D eigenvalue weighted by Crippen LogP contribution is 2.17. The Balaban J connectivity index is 1.79. The summed E-state index contributed by atoms with van der Waals surface area (Å²) < 4.78 is 7.22. The van der Waals surface area contributed by atoms with E-state index < -0.39 is 0 Å². The standard InChI is InChI=1S/C27H35N3O3/c1-4-5-16-29(20-25-12-8-15-28(25)2)26(31)21-30(17-9-18-33-3)27(32)24-14-13-22-10-6-7-11-23(22)19-24/h6-8,10-15,19H,4-5,9,16-18,20-21H2,1-3H3. The minimum absolute atomic E-state index is 0.0313. The van der Waals surface area contributed by atoms with E-state index in [1.165, 1.54) is 0 Å². The minimum Gasteiger partial charge on any atom is -0.385 e. The van der Waals surface area contributed by atoms with E-state index in [0.717, 1.165) is 29.3 Å². The highest BCUT2D eigenvalue weighted by molar-refractivity contribution is 6.00. The second-order valence-electron chi connectivity index (χ2n) is 8.41. The summed E-state index contributed by atoms with van der Waals surface area (Å²) in [6.07, 6.45) is 4.59. The van der Waals surface area contributed by atoms with Crippen LogP contribution < -0.4 is 0 Å². The van der Waals surface area contributed by atoms with E-state index in [0.29, 0.717) is 38.2 Å². The molecule has 0 aliphatic rings. The maximum Gasteiger partial charge on any atom is 0.254 e. The van der Waals surface area contributed by atoms with E-state index in [-0.39, 0.29) is 18.4 Å². The van der Waals surface area contributed by atoms with Gasteiger partial charge in [0.05, 0.1) is 6.54 Å². The van der Waals surface area contributed by atoms with Gasteiger partial charge in [-0.15, -0.1) is 0 Å². The van der Waals surface area contributed by atoms with E-state index >= 15 is 0 Å². The van der Waals surface area contributed by atoms with Crippen molar-refractivity contribution in [3.63, 3.8) is 0 Å². The van der Waals surface area contributed by atoms with Gasteiger partial charge in [0.1, 0.15) is 6.54 Å². The lowest BCUT2D eigenvalue weighted by Crippen LogP contribution is -2.43. The summed E-state index contributed by atoms with van der Waals surface area (Å²) in [5.41, 5.74) is 1.67. The van der Waals surface area contributed by atoms with Crippen molar-refractivity contribution in [2.45, 2.75) is 32.7 Å². The lowest BCUT2D eigenvalue weighted by molar-refractivity contribution is -0.132. The Morgan fingerprint density at radius 3 is 2.39 bits per heavy atom. The molecule has 33 heavy (non-hydrogen) atoms. The van der Waals surface area contributed by atoms with Gasteiger partial charge in [0.25, 0.3) is 5.91 Å². The summed E-state index contributed by atoms with van der Waals surface area (Å²) in [5.74, 6) is -0.157. The number of fused-ring (bicyclic) bond motifs is 1. The fourth-order valence-corrected chi connectivity index (χ4v) is 3.92. The molecule has 6 heteroatoms. The molecular formula is C27H35N3O3. The Morgan fingerprint density at radius 2 is 1.70 bits per heavy atom. The molecule has 0 N–H and O–H groups in total. The number of unbranched alkanes of at least 4 members (excludes halogenated alkanes) is 1. The molecule has 0 saturated carbocycles. The van der Waals surface area contributed by atoms with E-state index in [2.05, 4.69) is 6.92 Å². The Morgan fingerprint density at radius 1 is 0.939 bits per heavy atom. The molecule has 0 radical (unpaired) electrons. The zero-order valence-corrected chi connectivity index (χ0v) is 20.0. The first-order valence-corrected chi connectivity index (χ1v) is 11.7. The lowest BCUT2D eigenvalue weighted by atomic mass is 10.1. The van der Waals surface area contributed by atoms with Crippen LogP contribution in [0, 0.1) is 0 Å². The average molecular weight is 450 g/mol. The van der Waals surface area contributed by atoms with Gasteiger partial charge in [-0.1, -0.05) is 43.7 Å². The molecule has 0 unspecified atom stereocenters. The molecule has 2 amide bonds. The van der Waals surface area contributed by atoms with Crippen molar-refractivity contribution in [1.82, 2.24) is 14.4 Å². The number of aryl methyl sites for hydroxylation is 1. The number of hydrogen-bond acceptors (Lipinski definition) is 3. The summed E-state index contributed by atoms with van der Waals surface area (Å²) in [6, 6.07) is 17.7. The van der Waals surface area contributed by atoms with Gasteiger partial charge < -0.3 is 19.1 Å². The molecule has 0 saturated heterocycles. The van der Waals surface area contributed by atoms with Crippen LogP contribution in [0.15, 0.2) is 60.8 Å². The number of amides is 2. The molecule has 3 aromatic rings. The van der Waals surface area contributed by atoms with Crippen LogP contribution in [0.3, 0.4) is 0 Å². The fourth-order valence-electron chi connectivity index (χ4n) is 3.92. The van der Waals surface area contributed by atoms with E-state index in [1.807, 2.05) is 77.3 Å². The highest BCUT2D eigenvalue weighted by atomic mass is 16.5. The van der Waals surface area contributed by atoms with Gasteiger partial charge in [0.15, 0.2) is 0 Å². The number of nitrogens with zero attached hydrogens (tertiary/aromatic N) is 3. The summed E-state index contributed by atoms with van der Waals surface area (Å²) in [4.78, 5) is 30.3. The normalized spacial score (nSPS) is 11.0. The lowest BCUT2D eigenvalue weighted by Gasteiger charge is -2.28. The van der Waals surface area contributed by atoms with Crippen LogP contribution in [0.4, 0.5) is 0 Å². The van der Waals surface area contributed by atoms with Gasteiger partial charge in [-0.2, -0.15) is 0 Å². The maximum absolute atomic E-state index is 13.4. The molecular weight excluding hydrogens is 414 g/mol. The van der Waals surface area contributed by atoms with Crippen LogP contribution in [0.1, 0.15) is 42.2 Å². The van der Waals surface area contributed by atoms with Crippen molar-refractivity contribution < 1.29 is 14.3 Å². The largest absolute Gasteiger partial charge is 0.385 e. The third-order valence-electron chi connectivity index (χ3n) is 5.92. The summed E-state index contributed by atoms with van der Waals surface area (Å²) >= 11 is 0. The van der Waals surface area contributed by atoms with Crippen molar-refractivity contribution in [3.8, 4) is 0 Å². The second-order valence-corrected chi connectivity index (χ2v) is 8.41. The number of hydrogen-bond donors (Lipinski definition) is 0. The monoisotopic (exact) mass is 449 g/mol. The molecule has 6 nitrogen and oxygen atoms in total. The van der Waals surface area contributed by atoms with Crippen molar-refractivity contribution in [2.75, 3.05) is 33.4 Å². The number of methoxy groups -OCH3 is 1. The van der Waals surface area contributed by atoms with Crippen molar-refractivity contribution >= 4 is 22.6 Å². The Hall–Kier alpha value is -3.12. The Bertz CT molecular complexity index is 1060. The van der Waals surface area contributed by atoms with Crippen molar-refractivity contribution in [2.24, 2.45) is 7.05 Å². The average Bonchev–Trinajstić information content (AvgIpc) is 3.24. The number of benzene rings is 2. The van der Waals surface area contributed by atoms with E-state index in [9.17, 15) is 9.59 Å². The van der Waals surface area contributed by atoms with Crippen molar-refractivity contribution in [3.05, 3.63) is 72.1 Å². The van der Waals surface area contributed by atoms with Gasteiger partial charge in [-0.25, -0.2) is 0 Å². The van der Waals surface area contributed by atoms with Crippen LogP contribution in [0.5, 0.6) is 0 Å². The van der Waals surface area contributed by atoms with Gasteiger partial charge in [-0.05, 0) is 47.9 Å². The summed E-state index contributed by atoms with van der Waals surface area (Å²) in [6.45, 7) is 4.40. The van der Waals surface area contributed by atoms with Gasteiger partial charge in [0.2, 0.25) is 5.91 Å². The van der Waals surface area contributed by atoms with Gasteiger partial charge in [0, 0.05) is 51.3 Å². The third kappa shape index (κ3) is 6.68. The topological polar surface area (TPSA) is 54.8 Å². The van der Waals surface area contributed by atoms with Crippen LogP contribution in [-0.2, 0) is 23.1 Å².